The summed E-state index contributed by atoms with van der Waals surface area (Å²) >= 11 is 1.60. The molecule has 0 aliphatic heterocycles. The van der Waals surface area contributed by atoms with Crippen molar-refractivity contribution in [1.82, 2.24) is 10.2 Å². The summed E-state index contributed by atoms with van der Waals surface area (Å²) in [6.45, 7) is 7.07. The molecule has 5 heteroatoms. The number of amides is 2. The maximum atomic E-state index is 13.0. The van der Waals surface area contributed by atoms with E-state index >= 15 is 0 Å². The molecule has 0 bridgehead atoms. The molecule has 4 nitrogen and oxygen atoms in total. The van der Waals surface area contributed by atoms with Gasteiger partial charge >= 0.3 is 0 Å². The van der Waals surface area contributed by atoms with Crippen molar-refractivity contribution >= 4 is 23.6 Å². The number of hydrogen-bond acceptors (Lipinski definition) is 3. The smallest absolute Gasteiger partial charge is 0.242 e. The second kappa shape index (κ2) is 12.3. The molecule has 156 valence electrons. The fraction of sp³-hybridized carbons (Fsp3) is 0.417. The fourth-order valence-electron chi connectivity index (χ4n) is 3.00. The maximum absolute atomic E-state index is 13.0. The Morgan fingerprint density at radius 1 is 1.07 bits per heavy atom. The molecular formula is C24H32N2O2S. The van der Waals surface area contributed by atoms with Crippen molar-refractivity contribution in [3.05, 3.63) is 71.3 Å². The summed E-state index contributed by atoms with van der Waals surface area (Å²) in [5.74, 6) is 1.04. The van der Waals surface area contributed by atoms with E-state index in [-0.39, 0.29) is 11.8 Å². The zero-order valence-electron chi connectivity index (χ0n) is 17.7. The number of nitrogens with one attached hydrogen (secondary N) is 1. The van der Waals surface area contributed by atoms with Crippen molar-refractivity contribution in [2.45, 2.75) is 52.0 Å². The number of carbonyl (C=O) groups is 2. The van der Waals surface area contributed by atoms with E-state index in [2.05, 4.69) is 31.3 Å². The average molecular weight is 413 g/mol. The minimum atomic E-state index is -0.501. The van der Waals surface area contributed by atoms with Crippen LogP contribution in [0.1, 0.15) is 43.4 Å². The van der Waals surface area contributed by atoms with Gasteiger partial charge in [-0.3, -0.25) is 9.59 Å². The number of thioether (sulfide) groups is 1. The van der Waals surface area contributed by atoms with Gasteiger partial charge in [-0.2, -0.15) is 0 Å². The molecule has 0 aliphatic rings. The van der Waals surface area contributed by atoms with Crippen molar-refractivity contribution in [3.63, 3.8) is 0 Å². The molecule has 29 heavy (non-hydrogen) atoms. The van der Waals surface area contributed by atoms with Crippen molar-refractivity contribution < 1.29 is 9.59 Å². The first kappa shape index (κ1) is 23.0. The highest BCUT2D eigenvalue weighted by molar-refractivity contribution is 7.99. The van der Waals surface area contributed by atoms with Gasteiger partial charge in [-0.1, -0.05) is 67.9 Å². The van der Waals surface area contributed by atoms with Gasteiger partial charge in [-0.05, 0) is 37.0 Å². The standard InChI is InChI=1S/C24H32N2O2S/c1-4-5-15-25-24(28)20(3)26(16-21-12-7-6-8-13-21)23(27)18-29-17-22-14-10-9-11-19(22)2/h6-14,20H,4-5,15-18H2,1-3H3,(H,25,28). The third-order valence-corrected chi connectivity index (χ3v) is 5.90. The second-order valence-electron chi connectivity index (χ2n) is 7.25. The first-order chi connectivity index (χ1) is 14.0. The van der Waals surface area contributed by atoms with E-state index in [1.807, 2.05) is 49.4 Å². The first-order valence-electron chi connectivity index (χ1n) is 10.3. The van der Waals surface area contributed by atoms with E-state index in [0.717, 1.165) is 24.2 Å². The Balaban J connectivity index is 2.01. The fourth-order valence-corrected chi connectivity index (χ4v) is 3.99. The summed E-state index contributed by atoms with van der Waals surface area (Å²) in [4.78, 5) is 27.3. The van der Waals surface area contributed by atoms with Crippen LogP contribution in [0, 0.1) is 6.92 Å². The summed E-state index contributed by atoms with van der Waals surface area (Å²) in [6.07, 6.45) is 1.97. The molecule has 2 aromatic carbocycles. The zero-order chi connectivity index (χ0) is 21.1. The molecule has 0 aromatic heterocycles. The topological polar surface area (TPSA) is 49.4 Å². The molecule has 2 aromatic rings. The third kappa shape index (κ3) is 7.58. The highest BCUT2D eigenvalue weighted by atomic mass is 32.2. The first-order valence-corrected chi connectivity index (χ1v) is 11.4. The molecule has 0 aliphatic carbocycles. The normalized spacial score (nSPS) is 11.7. The summed E-state index contributed by atoms with van der Waals surface area (Å²) < 4.78 is 0. The minimum Gasteiger partial charge on any atom is -0.354 e. The molecule has 1 unspecified atom stereocenters. The Labute approximate surface area is 179 Å². The molecule has 0 heterocycles. The summed E-state index contributed by atoms with van der Waals surface area (Å²) in [5, 5.41) is 2.95. The lowest BCUT2D eigenvalue weighted by Crippen LogP contribution is -2.48. The molecule has 0 saturated carbocycles. The van der Waals surface area contributed by atoms with Crippen molar-refractivity contribution in [1.29, 1.82) is 0 Å². The summed E-state index contributed by atoms with van der Waals surface area (Å²) in [5.41, 5.74) is 3.50. The molecule has 1 atom stereocenters. The van der Waals surface area contributed by atoms with Gasteiger partial charge < -0.3 is 10.2 Å². The minimum absolute atomic E-state index is 0.00872. The molecule has 0 spiro atoms. The van der Waals surface area contributed by atoms with Crippen LogP contribution in [0.3, 0.4) is 0 Å². The lowest BCUT2D eigenvalue weighted by atomic mass is 10.1. The SMILES string of the molecule is CCCCNC(=O)C(C)N(Cc1ccccc1)C(=O)CSCc1ccccc1C. The maximum Gasteiger partial charge on any atom is 0.242 e. The van der Waals surface area contributed by atoms with Gasteiger partial charge in [0.15, 0.2) is 0 Å². The monoisotopic (exact) mass is 412 g/mol. The quantitative estimate of drug-likeness (QED) is 0.550. The van der Waals surface area contributed by atoms with Gasteiger partial charge in [0, 0.05) is 18.8 Å². The Hall–Kier alpha value is -2.27. The van der Waals surface area contributed by atoms with Gasteiger partial charge in [0.2, 0.25) is 11.8 Å². The van der Waals surface area contributed by atoms with E-state index in [0.29, 0.717) is 18.8 Å². The Bertz CT molecular complexity index is 779. The van der Waals surface area contributed by atoms with E-state index < -0.39 is 6.04 Å². The van der Waals surface area contributed by atoms with Crippen LogP contribution in [-0.2, 0) is 21.9 Å². The van der Waals surface area contributed by atoms with Crippen LogP contribution in [0.2, 0.25) is 0 Å². The van der Waals surface area contributed by atoms with Gasteiger partial charge in [-0.15, -0.1) is 11.8 Å². The molecule has 1 N–H and O–H groups in total. The number of carbonyl (C=O) groups excluding carboxylic acids is 2. The van der Waals surface area contributed by atoms with E-state index in [4.69, 9.17) is 0 Å². The van der Waals surface area contributed by atoms with Crippen LogP contribution in [0.25, 0.3) is 0 Å². The highest BCUT2D eigenvalue weighted by Crippen LogP contribution is 2.18. The van der Waals surface area contributed by atoms with Crippen molar-refractivity contribution in [2.24, 2.45) is 0 Å². The van der Waals surface area contributed by atoms with Crippen molar-refractivity contribution in [2.75, 3.05) is 12.3 Å². The van der Waals surface area contributed by atoms with E-state index in [1.54, 1.807) is 16.7 Å². The Morgan fingerprint density at radius 3 is 2.45 bits per heavy atom. The van der Waals surface area contributed by atoms with Gasteiger partial charge in [-0.25, -0.2) is 0 Å². The summed E-state index contributed by atoms with van der Waals surface area (Å²) in [7, 11) is 0. The van der Waals surface area contributed by atoms with Crippen molar-refractivity contribution in [3.8, 4) is 0 Å². The van der Waals surface area contributed by atoms with Crippen LogP contribution >= 0.6 is 11.8 Å². The van der Waals surface area contributed by atoms with Crippen LogP contribution in [0.4, 0.5) is 0 Å². The summed E-state index contributed by atoms with van der Waals surface area (Å²) in [6, 6.07) is 17.6. The largest absolute Gasteiger partial charge is 0.354 e. The highest BCUT2D eigenvalue weighted by Gasteiger charge is 2.25. The number of aryl methyl sites for hydroxylation is 1. The number of benzene rings is 2. The molecule has 0 fully saturated rings. The Morgan fingerprint density at radius 2 is 1.76 bits per heavy atom. The number of rotatable bonds is 11. The Kier molecular flexibility index (Phi) is 9.78. The van der Waals surface area contributed by atoms with Gasteiger partial charge in [0.25, 0.3) is 0 Å². The predicted octanol–water partition coefficient (Wildman–Crippen LogP) is 4.56. The molecule has 2 rings (SSSR count). The van der Waals surface area contributed by atoms with Crippen LogP contribution in [0.5, 0.6) is 0 Å². The average Bonchev–Trinajstić information content (AvgIpc) is 2.73. The third-order valence-electron chi connectivity index (χ3n) is 4.94. The number of nitrogens with zero attached hydrogens (tertiary/aromatic N) is 1. The number of unbranched alkanes of at least 4 members (excludes halogenated alkanes) is 1. The van der Waals surface area contributed by atoms with Crippen LogP contribution < -0.4 is 5.32 Å². The molecular weight excluding hydrogens is 380 g/mol. The number of hydrogen-bond donors (Lipinski definition) is 1. The van der Waals surface area contributed by atoms with Crippen LogP contribution in [0.15, 0.2) is 54.6 Å². The van der Waals surface area contributed by atoms with Crippen LogP contribution in [-0.4, -0.2) is 35.1 Å². The predicted molar refractivity (Wildman–Crippen MR) is 122 cm³/mol. The lowest BCUT2D eigenvalue weighted by molar-refractivity contribution is -0.138. The van der Waals surface area contributed by atoms with E-state index in [1.165, 1.54) is 11.1 Å². The zero-order valence-corrected chi connectivity index (χ0v) is 18.5. The lowest BCUT2D eigenvalue weighted by Gasteiger charge is -2.28. The van der Waals surface area contributed by atoms with Gasteiger partial charge in [0.05, 0.1) is 5.75 Å². The molecule has 0 saturated heterocycles. The second-order valence-corrected chi connectivity index (χ2v) is 8.23. The molecule has 0 radical (unpaired) electrons. The van der Waals surface area contributed by atoms with E-state index in [9.17, 15) is 9.59 Å². The van der Waals surface area contributed by atoms with Gasteiger partial charge in [0.1, 0.15) is 6.04 Å². The molecule has 2 amide bonds.